The number of rotatable bonds is 5. The molecule has 10 nitrogen and oxygen atoms in total. The number of benzene rings is 1. The molecular weight excluding hydrogens is 368 g/mol. The molecule has 1 heterocycles. The maximum absolute atomic E-state index is 12.3. The SMILES string of the molecule is COC(=O)[C@@H]1CC[C@H](OS(=O)(=O)c2ccc([N+](=O)[O-])cc2)CN1C(C)=O. The molecule has 1 amide bonds. The Hall–Kier alpha value is -2.53. The van der Waals surface area contributed by atoms with Crippen LogP contribution in [-0.4, -0.2) is 55.9 Å². The third-order valence-corrected chi connectivity index (χ3v) is 5.39. The van der Waals surface area contributed by atoms with Crippen molar-refractivity contribution in [2.24, 2.45) is 0 Å². The van der Waals surface area contributed by atoms with Gasteiger partial charge in [0.2, 0.25) is 5.91 Å². The molecule has 0 N–H and O–H groups in total. The molecule has 0 bridgehead atoms. The Morgan fingerprint density at radius 3 is 2.35 bits per heavy atom. The van der Waals surface area contributed by atoms with Gasteiger partial charge in [0.05, 0.1) is 23.0 Å². The van der Waals surface area contributed by atoms with Gasteiger partial charge in [-0.1, -0.05) is 0 Å². The standard InChI is InChI=1S/C15H18N2O8S/c1-10(18)16-9-12(5-8-14(16)15(19)24-2)25-26(22,23)13-6-3-11(4-7-13)17(20)21/h3-4,6-7,12,14H,5,8-9H2,1-2H3/t12-,14-/m0/s1. The quantitative estimate of drug-likeness (QED) is 0.315. The van der Waals surface area contributed by atoms with Crippen LogP contribution in [0.1, 0.15) is 19.8 Å². The van der Waals surface area contributed by atoms with Gasteiger partial charge in [-0.05, 0) is 25.0 Å². The number of likely N-dealkylation sites (tertiary alicyclic amines) is 1. The Kier molecular flexibility index (Phi) is 5.93. The number of nitrogens with zero attached hydrogens (tertiary/aromatic N) is 2. The second-order valence-electron chi connectivity index (χ2n) is 5.71. The van der Waals surface area contributed by atoms with Crippen LogP contribution in [0.5, 0.6) is 0 Å². The number of carbonyl (C=O) groups excluding carboxylic acids is 2. The van der Waals surface area contributed by atoms with Gasteiger partial charge in [-0.25, -0.2) is 4.79 Å². The van der Waals surface area contributed by atoms with Gasteiger partial charge in [-0.2, -0.15) is 8.42 Å². The fourth-order valence-electron chi connectivity index (χ4n) is 2.71. The summed E-state index contributed by atoms with van der Waals surface area (Å²) in [6.07, 6.45) is -0.400. The molecule has 1 aliphatic rings. The molecule has 1 saturated heterocycles. The van der Waals surface area contributed by atoms with Gasteiger partial charge >= 0.3 is 5.97 Å². The van der Waals surface area contributed by atoms with Gasteiger partial charge in [0.15, 0.2) is 0 Å². The first-order valence-electron chi connectivity index (χ1n) is 7.68. The van der Waals surface area contributed by atoms with Crippen molar-refractivity contribution < 1.29 is 31.9 Å². The lowest BCUT2D eigenvalue weighted by atomic mass is 10.00. The number of ether oxygens (including phenoxy) is 1. The smallest absolute Gasteiger partial charge is 0.328 e. The Morgan fingerprint density at radius 2 is 1.85 bits per heavy atom. The number of esters is 1. The highest BCUT2D eigenvalue weighted by Crippen LogP contribution is 2.25. The van der Waals surface area contributed by atoms with Gasteiger partial charge < -0.3 is 9.64 Å². The van der Waals surface area contributed by atoms with Gasteiger partial charge in [-0.3, -0.25) is 19.1 Å². The number of hydrogen-bond donors (Lipinski definition) is 0. The molecule has 1 fully saturated rings. The van der Waals surface area contributed by atoms with Crippen LogP contribution in [0.3, 0.4) is 0 Å². The van der Waals surface area contributed by atoms with E-state index in [9.17, 15) is 28.1 Å². The van der Waals surface area contributed by atoms with Crippen molar-refractivity contribution in [2.45, 2.75) is 36.8 Å². The highest BCUT2D eigenvalue weighted by atomic mass is 32.2. The number of amides is 1. The van der Waals surface area contributed by atoms with Crippen molar-refractivity contribution in [2.75, 3.05) is 13.7 Å². The summed E-state index contributed by atoms with van der Waals surface area (Å²) in [5, 5.41) is 10.6. The predicted octanol–water partition coefficient (Wildman–Crippen LogP) is 0.853. The van der Waals surface area contributed by atoms with E-state index in [1.165, 1.54) is 18.9 Å². The van der Waals surface area contributed by atoms with Gasteiger partial charge in [0, 0.05) is 25.6 Å². The average Bonchev–Trinajstić information content (AvgIpc) is 2.60. The van der Waals surface area contributed by atoms with Gasteiger partial charge in [-0.15, -0.1) is 0 Å². The lowest BCUT2D eigenvalue weighted by molar-refractivity contribution is -0.384. The molecule has 0 radical (unpaired) electrons. The van der Waals surface area contributed by atoms with Crippen LogP contribution in [0.15, 0.2) is 29.2 Å². The molecule has 11 heteroatoms. The van der Waals surface area contributed by atoms with E-state index >= 15 is 0 Å². The molecule has 1 aliphatic heterocycles. The third kappa shape index (κ3) is 4.35. The molecule has 2 rings (SSSR count). The summed E-state index contributed by atoms with van der Waals surface area (Å²) in [5.74, 6) is -0.974. The van der Waals surface area contributed by atoms with E-state index < -0.39 is 39.1 Å². The topological polar surface area (TPSA) is 133 Å². The average molecular weight is 386 g/mol. The zero-order chi connectivity index (χ0) is 19.5. The Labute approximate surface area is 150 Å². The molecule has 0 aliphatic carbocycles. The van der Waals surface area contributed by atoms with Crippen LogP contribution in [0, 0.1) is 10.1 Å². The Balaban J connectivity index is 2.13. The Morgan fingerprint density at radius 1 is 1.23 bits per heavy atom. The molecule has 142 valence electrons. The van der Waals surface area contributed by atoms with E-state index in [0.717, 1.165) is 24.3 Å². The van der Waals surface area contributed by atoms with Crippen LogP contribution in [0.25, 0.3) is 0 Å². The second-order valence-corrected chi connectivity index (χ2v) is 7.28. The van der Waals surface area contributed by atoms with E-state index in [2.05, 4.69) is 4.74 Å². The minimum absolute atomic E-state index is 0.0820. The van der Waals surface area contributed by atoms with Crippen molar-refractivity contribution in [1.82, 2.24) is 4.90 Å². The molecule has 2 atom stereocenters. The molecule has 1 aromatic rings. The van der Waals surface area contributed by atoms with Crippen LogP contribution < -0.4 is 0 Å². The highest BCUT2D eigenvalue weighted by molar-refractivity contribution is 7.86. The summed E-state index contributed by atoms with van der Waals surface area (Å²) in [4.78, 5) is 34.5. The second kappa shape index (κ2) is 7.79. The lowest BCUT2D eigenvalue weighted by Crippen LogP contribution is -2.52. The largest absolute Gasteiger partial charge is 0.467 e. The van der Waals surface area contributed by atoms with Crippen LogP contribution in [0.2, 0.25) is 0 Å². The zero-order valence-corrected chi connectivity index (χ0v) is 15.0. The number of methoxy groups -OCH3 is 1. The maximum atomic E-state index is 12.3. The molecule has 1 aromatic carbocycles. The zero-order valence-electron chi connectivity index (χ0n) is 14.2. The van der Waals surface area contributed by atoms with Crippen molar-refractivity contribution in [1.29, 1.82) is 0 Å². The first-order valence-corrected chi connectivity index (χ1v) is 9.09. The van der Waals surface area contributed by atoms with Gasteiger partial charge in [0.1, 0.15) is 6.04 Å². The molecule has 26 heavy (non-hydrogen) atoms. The summed E-state index contributed by atoms with van der Waals surface area (Å²) >= 11 is 0. The molecule has 0 spiro atoms. The summed E-state index contributed by atoms with van der Waals surface area (Å²) in [7, 11) is -2.96. The van der Waals surface area contributed by atoms with E-state index in [4.69, 9.17) is 4.18 Å². The summed E-state index contributed by atoms with van der Waals surface area (Å²) in [5.41, 5.74) is -0.245. The van der Waals surface area contributed by atoms with E-state index in [1.807, 2.05) is 0 Å². The van der Waals surface area contributed by atoms with Crippen molar-refractivity contribution >= 4 is 27.7 Å². The number of piperidine rings is 1. The first kappa shape index (κ1) is 19.8. The van der Waals surface area contributed by atoms with Crippen molar-refractivity contribution in [3.05, 3.63) is 34.4 Å². The van der Waals surface area contributed by atoms with Gasteiger partial charge in [0.25, 0.3) is 15.8 Å². The molecule has 0 saturated carbocycles. The third-order valence-electron chi connectivity index (χ3n) is 4.02. The van der Waals surface area contributed by atoms with E-state index in [1.54, 1.807) is 0 Å². The number of non-ortho nitro benzene ring substituents is 1. The van der Waals surface area contributed by atoms with E-state index in [0.29, 0.717) is 0 Å². The fraction of sp³-hybridized carbons (Fsp3) is 0.467. The Bertz CT molecular complexity index is 805. The number of carbonyl (C=O) groups is 2. The minimum Gasteiger partial charge on any atom is -0.467 e. The summed E-state index contributed by atoms with van der Waals surface area (Å²) in [6.45, 7) is 1.18. The first-order chi connectivity index (χ1) is 12.2. The normalized spacial score (nSPS) is 20.5. The fourth-order valence-corrected chi connectivity index (χ4v) is 3.81. The van der Waals surface area contributed by atoms with E-state index in [-0.39, 0.29) is 30.0 Å². The molecule has 0 unspecified atom stereocenters. The molecule has 0 aromatic heterocycles. The predicted molar refractivity (Wildman–Crippen MR) is 87.6 cm³/mol. The van der Waals surface area contributed by atoms with Crippen molar-refractivity contribution in [3.8, 4) is 0 Å². The summed E-state index contributed by atoms with van der Waals surface area (Å²) < 4.78 is 34.5. The lowest BCUT2D eigenvalue weighted by Gasteiger charge is -2.36. The number of nitro benzene ring substituents is 1. The number of hydrogen-bond acceptors (Lipinski definition) is 8. The van der Waals surface area contributed by atoms with Crippen LogP contribution >= 0.6 is 0 Å². The summed E-state index contributed by atoms with van der Waals surface area (Å²) in [6, 6.07) is 3.50. The minimum atomic E-state index is -4.17. The van der Waals surface area contributed by atoms with Crippen LogP contribution in [0.4, 0.5) is 5.69 Å². The maximum Gasteiger partial charge on any atom is 0.328 e. The van der Waals surface area contributed by atoms with Crippen molar-refractivity contribution in [3.63, 3.8) is 0 Å². The van der Waals surface area contributed by atoms with Crippen LogP contribution in [-0.2, 0) is 28.6 Å². The monoisotopic (exact) mass is 386 g/mol. The highest BCUT2D eigenvalue weighted by Gasteiger charge is 2.37. The number of nitro groups is 1. The molecular formula is C15H18N2O8S.